The Balaban J connectivity index is 1.67. The number of halogens is 2. The third-order valence-electron chi connectivity index (χ3n) is 3.96. The number of benzene rings is 1. The Morgan fingerprint density at radius 3 is 2.80 bits per heavy atom. The van der Waals surface area contributed by atoms with Crippen LogP contribution in [0.4, 0.5) is 14.6 Å². The molecule has 1 aliphatic rings. The summed E-state index contributed by atoms with van der Waals surface area (Å²) in [6.07, 6.45) is 5.74. The molecule has 0 aliphatic carbocycles. The first-order chi connectivity index (χ1) is 12.1. The Labute approximate surface area is 144 Å². The van der Waals surface area contributed by atoms with E-state index in [1.165, 1.54) is 18.2 Å². The van der Waals surface area contributed by atoms with E-state index in [-0.39, 0.29) is 11.7 Å². The quantitative estimate of drug-likeness (QED) is 0.849. The number of aromatic nitrogens is 2. The molecule has 3 rings (SSSR count). The van der Waals surface area contributed by atoms with Gasteiger partial charge in [-0.3, -0.25) is 9.78 Å². The minimum atomic E-state index is -2.91. The molecule has 0 radical (unpaired) electrons. The summed E-state index contributed by atoms with van der Waals surface area (Å²) in [5, 5.41) is 0. The first-order valence-corrected chi connectivity index (χ1v) is 7.98. The minimum Gasteiger partial charge on any atom is -0.435 e. The van der Waals surface area contributed by atoms with Gasteiger partial charge in [0.1, 0.15) is 11.6 Å². The number of rotatable bonds is 4. The highest BCUT2D eigenvalue weighted by Gasteiger charge is 2.21. The molecular formula is C17H18F2N4O2. The lowest BCUT2D eigenvalue weighted by Crippen LogP contribution is -2.35. The van der Waals surface area contributed by atoms with E-state index < -0.39 is 6.61 Å². The average molecular weight is 348 g/mol. The summed E-state index contributed by atoms with van der Waals surface area (Å²) in [6.45, 7) is -0.386. The minimum absolute atomic E-state index is 0.0168. The molecule has 0 unspecified atom stereocenters. The molecule has 25 heavy (non-hydrogen) atoms. The molecule has 132 valence electrons. The Morgan fingerprint density at radius 1 is 1.16 bits per heavy atom. The largest absolute Gasteiger partial charge is 0.435 e. The number of amides is 1. The van der Waals surface area contributed by atoms with Crippen LogP contribution in [0.15, 0.2) is 42.9 Å². The molecule has 0 saturated carbocycles. The first-order valence-electron chi connectivity index (χ1n) is 7.98. The number of nitrogens with zero attached hydrogens (tertiary/aromatic N) is 4. The van der Waals surface area contributed by atoms with Crippen molar-refractivity contribution in [3.63, 3.8) is 0 Å². The topological polar surface area (TPSA) is 58.6 Å². The maximum absolute atomic E-state index is 12.7. The highest BCUT2D eigenvalue weighted by atomic mass is 19.3. The van der Waals surface area contributed by atoms with Gasteiger partial charge in [-0.25, -0.2) is 4.98 Å². The number of ether oxygens (including phenoxy) is 1. The van der Waals surface area contributed by atoms with Crippen LogP contribution in [-0.4, -0.2) is 53.6 Å². The van der Waals surface area contributed by atoms with Crippen LogP contribution in [0.25, 0.3) is 0 Å². The predicted octanol–water partition coefficient (Wildman–Crippen LogP) is 2.43. The number of hydrogen-bond donors (Lipinski definition) is 0. The summed E-state index contributed by atoms with van der Waals surface area (Å²) in [4.78, 5) is 24.8. The lowest BCUT2D eigenvalue weighted by Gasteiger charge is -2.22. The van der Waals surface area contributed by atoms with Crippen LogP contribution in [0, 0.1) is 0 Å². The number of anilines is 1. The molecule has 1 aromatic heterocycles. The standard InChI is InChI=1S/C17H18F2N4O2/c18-17(19)25-14-4-1-3-13(11-14)16(24)23-8-2-7-22(9-10-23)15-12-20-5-6-21-15/h1,3-6,11-12,17H,2,7-10H2. The molecule has 2 heterocycles. The third kappa shape index (κ3) is 4.40. The van der Waals surface area contributed by atoms with Gasteiger partial charge in [0, 0.05) is 44.1 Å². The molecule has 1 aromatic carbocycles. The Bertz CT molecular complexity index is 715. The molecule has 0 atom stereocenters. The molecule has 1 amide bonds. The van der Waals surface area contributed by atoms with Gasteiger partial charge in [-0.15, -0.1) is 0 Å². The number of hydrogen-bond acceptors (Lipinski definition) is 5. The Kier molecular flexibility index (Phi) is 5.37. The SMILES string of the molecule is O=C(c1cccc(OC(F)F)c1)N1CCCN(c2cnccn2)CC1. The highest BCUT2D eigenvalue weighted by molar-refractivity contribution is 5.94. The fourth-order valence-corrected chi connectivity index (χ4v) is 2.79. The lowest BCUT2D eigenvalue weighted by molar-refractivity contribution is -0.0499. The van der Waals surface area contributed by atoms with Crippen LogP contribution in [0.3, 0.4) is 0 Å². The predicted molar refractivity (Wildman–Crippen MR) is 87.8 cm³/mol. The fourth-order valence-electron chi connectivity index (χ4n) is 2.79. The molecule has 1 fully saturated rings. The van der Waals surface area contributed by atoms with E-state index in [9.17, 15) is 13.6 Å². The van der Waals surface area contributed by atoms with Crippen LogP contribution in [-0.2, 0) is 0 Å². The van der Waals surface area contributed by atoms with Crippen molar-refractivity contribution in [1.29, 1.82) is 0 Å². The monoisotopic (exact) mass is 348 g/mol. The summed E-state index contributed by atoms with van der Waals surface area (Å²) >= 11 is 0. The second-order valence-electron chi connectivity index (χ2n) is 5.60. The highest BCUT2D eigenvalue weighted by Crippen LogP contribution is 2.19. The molecular weight excluding hydrogens is 330 g/mol. The van der Waals surface area contributed by atoms with Crippen molar-refractivity contribution in [2.75, 3.05) is 31.1 Å². The van der Waals surface area contributed by atoms with E-state index in [1.54, 1.807) is 29.6 Å². The van der Waals surface area contributed by atoms with Crippen LogP contribution in [0.1, 0.15) is 16.8 Å². The van der Waals surface area contributed by atoms with Gasteiger partial charge in [0.2, 0.25) is 0 Å². The van der Waals surface area contributed by atoms with Gasteiger partial charge in [0.05, 0.1) is 6.20 Å². The summed E-state index contributed by atoms with van der Waals surface area (Å²) < 4.78 is 29.0. The Morgan fingerprint density at radius 2 is 2.04 bits per heavy atom. The third-order valence-corrected chi connectivity index (χ3v) is 3.96. The second kappa shape index (κ2) is 7.87. The fraction of sp³-hybridized carbons (Fsp3) is 0.353. The van der Waals surface area contributed by atoms with Crippen LogP contribution >= 0.6 is 0 Å². The van der Waals surface area contributed by atoms with E-state index in [0.717, 1.165) is 18.8 Å². The molecule has 6 nitrogen and oxygen atoms in total. The summed E-state index contributed by atoms with van der Waals surface area (Å²) in [5.74, 6) is 0.571. The van der Waals surface area contributed by atoms with E-state index in [2.05, 4.69) is 19.6 Å². The van der Waals surface area contributed by atoms with E-state index in [0.29, 0.717) is 25.2 Å². The van der Waals surface area contributed by atoms with Gasteiger partial charge in [-0.1, -0.05) is 6.07 Å². The van der Waals surface area contributed by atoms with Crippen molar-refractivity contribution >= 4 is 11.7 Å². The van der Waals surface area contributed by atoms with Crippen molar-refractivity contribution < 1.29 is 18.3 Å². The molecule has 2 aromatic rings. The molecule has 8 heteroatoms. The molecule has 0 spiro atoms. The molecule has 1 aliphatic heterocycles. The van der Waals surface area contributed by atoms with Crippen LogP contribution in [0.5, 0.6) is 5.75 Å². The number of carbonyl (C=O) groups excluding carboxylic acids is 1. The second-order valence-corrected chi connectivity index (χ2v) is 5.60. The van der Waals surface area contributed by atoms with E-state index in [1.807, 2.05) is 0 Å². The van der Waals surface area contributed by atoms with Gasteiger partial charge >= 0.3 is 6.61 Å². The van der Waals surface area contributed by atoms with Crippen molar-refractivity contribution in [2.24, 2.45) is 0 Å². The van der Waals surface area contributed by atoms with Crippen molar-refractivity contribution in [1.82, 2.24) is 14.9 Å². The van der Waals surface area contributed by atoms with E-state index >= 15 is 0 Å². The zero-order chi connectivity index (χ0) is 17.6. The van der Waals surface area contributed by atoms with Crippen LogP contribution < -0.4 is 9.64 Å². The maximum atomic E-state index is 12.7. The first kappa shape index (κ1) is 17.1. The van der Waals surface area contributed by atoms with Gasteiger partial charge in [-0.2, -0.15) is 8.78 Å². The normalized spacial score (nSPS) is 15.2. The molecule has 0 N–H and O–H groups in total. The van der Waals surface area contributed by atoms with Gasteiger partial charge in [0.15, 0.2) is 0 Å². The van der Waals surface area contributed by atoms with Crippen molar-refractivity contribution in [3.8, 4) is 5.75 Å². The van der Waals surface area contributed by atoms with Crippen LogP contribution in [0.2, 0.25) is 0 Å². The molecule has 0 bridgehead atoms. The summed E-state index contributed by atoms with van der Waals surface area (Å²) in [7, 11) is 0. The summed E-state index contributed by atoms with van der Waals surface area (Å²) in [5.41, 5.74) is 0.339. The van der Waals surface area contributed by atoms with Gasteiger partial charge in [0.25, 0.3) is 5.91 Å². The zero-order valence-electron chi connectivity index (χ0n) is 13.5. The molecule has 1 saturated heterocycles. The lowest BCUT2D eigenvalue weighted by atomic mass is 10.2. The maximum Gasteiger partial charge on any atom is 0.387 e. The Hall–Kier alpha value is -2.77. The van der Waals surface area contributed by atoms with Crippen molar-refractivity contribution in [3.05, 3.63) is 48.4 Å². The number of alkyl halides is 2. The van der Waals surface area contributed by atoms with E-state index in [4.69, 9.17) is 0 Å². The van der Waals surface area contributed by atoms with Gasteiger partial charge in [-0.05, 0) is 24.6 Å². The number of carbonyl (C=O) groups is 1. The zero-order valence-corrected chi connectivity index (χ0v) is 13.5. The van der Waals surface area contributed by atoms with Gasteiger partial charge < -0.3 is 14.5 Å². The average Bonchev–Trinajstić information content (AvgIpc) is 2.88. The smallest absolute Gasteiger partial charge is 0.387 e. The summed E-state index contributed by atoms with van der Waals surface area (Å²) in [6, 6.07) is 5.89. The van der Waals surface area contributed by atoms with Crippen molar-refractivity contribution in [2.45, 2.75) is 13.0 Å².